The molecule has 2 aromatic heterocycles. The van der Waals surface area contributed by atoms with Gasteiger partial charge in [-0.2, -0.15) is 0 Å². The average Bonchev–Trinajstić information content (AvgIpc) is 3.86. The minimum absolute atomic E-state index is 0.000336. The fourth-order valence-corrected chi connectivity index (χ4v) is 10.2. The number of fused-ring (bicyclic) bond motifs is 6. The molecule has 0 aliphatic carbocycles. The maximum absolute atomic E-state index is 14.8. The van der Waals surface area contributed by atoms with Crippen LogP contribution in [0, 0.1) is 18.3 Å². The van der Waals surface area contributed by atoms with E-state index in [2.05, 4.69) is 79.1 Å². The Bertz CT molecular complexity index is 2570. The number of benzene rings is 2. The number of hydrogen-bond acceptors (Lipinski definition) is 10. The molecule has 3 N–H and O–H groups in total. The van der Waals surface area contributed by atoms with E-state index in [1.54, 1.807) is 27.2 Å². The molecular formula is C52H67N7O8. The Morgan fingerprint density at radius 3 is 2.57 bits per heavy atom. The maximum atomic E-state index is 14.8. The van der Waals surface area contributed by atoms with Crippen LogP contribution in [0.5, 0.6) is 0 Å². The van der Waals surface area contributed by atoms with Crippen LogP contribution in [0.1, 0.15) is 89.3 Å². The lowest BCUT2D eigenvalue weighted by molar-refractivity contribution is -0.156. The van der Waals surface area contributed by atoms with E-state index in [1.807, 2.05) is 26.0 Å². The van der Waals surface area contributed by atoms with E-state index in [9.17, 15) is 29.1 Å². The lowest BCUT2D eigenvalue weighted by atomic mass is 9.84. The Hall–Kier alpha value is -5.90. The summed E-state index contributed by atoms with van der Waals surface area (Å²) in [7, 11) is 3.14. The summed E-state index contributed by atoms with van der Waals surface area (Å²) in [6.07, 6.45) is 4.29. The molecule has 4 amide bonds. The second-order valence-electron chi connectivity index (χ2n) is 19.7. The zero-order chi connectivity index (χ0) is 48.5. The standard InChI is InChI=1S/C52H67N7O8/c1-11-43(60)57-22-19-52(65,29-57)50(64)56(9)45(31(3)4)47(61)54-41-26-34-23-32(5)24-36(25-34)35-17-18-42-38(27-35)39(46(58(42)12-2)37-15-13-20-53-44(37)33(6)66-10)28-51(7,8)30-67-49(63)40-16-14-21-59(55-40)48(41)62/h11,13,15,17-18,20,23-25,27,31,33,40-41,45,55,65H,1,12,14,16,19,21-22,26,28-30H2,2-10H3,(H,54,61)/t33-,40-,41-,45-,52+/m0/s1. The van der Waals surface area contributed by atoms with Gasteiger partial charge in [0.25, 0.3) is 11.8 Å². The minimum atomic E-state index is -1.90. The number of carbonyl (C=O) groups is 5. The number of nitrogens with zero attached hydrogens (tertiary/aromatic N) is 5. The molecule has 0 spiro atoms. The normalized spacial score (nSPS) is 22.0. The minimum Gasteiger partial charge on any atom is -0.464 e. The largest absolute Gasteiger partial charge is 0.464 e. The highest BCUT2D eigenvalue weighted by atomic mass is 16.5. The first-order valence-electron chi connectivity index (χ1n) is 23.5. The Morgan fingerprint density at radius 1 is 1.10 bits per heavy atom. The molecule has 2 aromatic carbocycles. The van der Waals surface area contributed by atoms with Crippen LogP contribution < -0.4 is 10.7 Å². The number of aliphatic hydroxyl groups is 1. The molecule has 0 radical (unpaired) electrons. The first-order valence-corrected chi connectivity index (χ1v) is 23.5. The van der Waals surface area contributed by atoms with Crippen LogP contribution in [0.3, 0.4) is 0 Å². The maximum Gasteiger partial charge on any atom is 0.324 e. The summed E-state index contributed by atoms with van der Waals surface area (Å²) in [5.74, 6) is -3.04. The summed E-state index contributed by atoms with van der Waals surface area (Å²) < 4.78 is 14.3. The van der Waals surface area contributed by atoms with Crippen molar-refractivity contribution in [3.05, 3.63) is 89.8 Å². The predicted octanol–water partition coefficient (Wildman–Crippen LogP) is 5.69. The molecule has 15 nitrogen and oxygen atoms in total. The van der Waals surface area contributed by atoms with E-state index in [4.69, 9.17) is 14.5 Å². The van der Waals surface area contributed by atoms with Crippen LogP contribution in [0.25, 0.3) is 33.3 Å². The highest BCUT2D eigenvalue weighted by Gasteiger charge is 2.48. The molecule has 0 saturated carbocycles. The monoisotopic (exact) mass is 918 g/mol. The number of esters is 1. The number of β-amino-alcohol motifs (C(OH)–C–C–N with tert-alkyl or cyclic N) is 1. The smallest absolute Gasteiger partial charge is 0.324 e. The third-order valence-electron chi connectivity index (χ3n) is 13.6. The molecule has 67 heavy (non-hydrogen) atoms. The summed E-state index contributed by atoms with van der Waals surface area (Å²) in [4.78, 5) is 77.1. The van der Waals surface area contributed by atoms with E-state index >= 15 is 0 Å². The summed E-state index contributed by atoms with van der Waals surface area (Å²) in [6, 6.07) is 13.7. The number of nitrogens with one attached hydrogen (secondary N) is 2. The van der Waals surface area contributed by atoms with Crippen molar-refractivity contribution in [2.45, 2.75) is 117 Å². The summed E-state index contributed by atoms with van der Waals surface area (Å²) >= 11 is 0. The molecule has 0 unspecified atom stereocenters. The van der Waals surface area contributed by atoms with Gasteiger partial charge in [-0.05, 0) is 98.5 Å². The second-order valence-corrected chi connectivity index (χ2v) is 19.7. The van der Waals surface area contributed by atoms with Gasteiger partial charge >= 0.3 is 5.97 Å². The zero-order valence-corrected chi connectivity index (χ0v) is 40.5. The van der Waals surface area contributed by atoms with Crippen molar-refractivity contribution in [2.75, 3.05) is 40.4 Å². The van der Waals surface area contributed by atoms with Crippen molar-refractivity contribution in [3.63, 3.8) is 0 Å². The molecule has 5 heterocycles. The lowest BCUT2D eigenvalue weighted by Gasteiger charge is -2.37. The molecule has 15 heteroatoms. The summed E-state index contributed by atoms with van der Waals surface area (Å²) in [5.41, 5.74) is 9.36. The third kappa shape index (κ3) is 10.0. The van der Waals surface area contributed by atoms with Crippen molar-refractivity contribution < 1.29 is 38.6 Å². The van der Waals surface area contributed by atoms with Gasteiger partial charge in [-0.3, -0.25) is 34.0 Å². The Morgan fingerprint density at radius 2 is 1.87 bits per heavy atom. The van der Waals surface area contributed by atoms with Crippen LogP contribution in [0.4, 0.5) is 0 Å². The van der Waals surface area contributed by atoms with E-state index in [-0.39, 0.29) is 45.2 Å². The second kappa shape index (κ2) is 19.7. The van der Waals surface area contributed by atoms with Crippen LogP contribution in [-0.2, 0) is 52.8 Å². The predicted molar refractivity (Wildman–Crippen MR) is 256 cm³/mol. The molecule has 2 saturated heterocycles. The number of aromatic nitrogens is 2. The summed E-state index contributed by atoms with van der Waals surface area (Å²) in [5, 5.41) is 17.0. The van der Waals surface area contributed by atoms with Gasteiger partial charge in [0.2, 0.25) is 11.8 Å². The van der Waals surface area contributed by atoms with Gasteiger partial charge in [0.05, 0.1) is 30.6 Å². The van der Waals surface area contributed by atoms with Gasteiger partial charge in [-0.25, -0.2) is 5.43 Å². The number of amides is 4. The number of rotatable bonds is 10. The topological polar surface area (TPSA) is 176 Å². The molecule has 6 bridgehead atoms. The summed E-state index contributed by atoms with van der Waals surface area (Å²) in [6.45, 7) is 18.4. The number of hydrazine groups is 1. The number of pyridine rings is 1. The number of hydrogen-bond donors (Lipinski definition) is 3. The number of aryl methyl sites for hydroxylation is 2. The van der Waals surface area contributed by atoms with Crippen molar-refractivity contribution in [1.29, 1.82) is 0 Å². The first-order chi connectivity index (χ1) is 31.8. The van der Waals surface area contributed by atoms with Gasteiger partial charge < -0.3 is 34.3 Å². The number of carbonyl (C=O) groups excluding carboxylic acids is 5. The van der Waals surface area contributed by atoms with Gasteiger partial charge in [-0.1, -0.05) is 64.1 Å². The van der Waals surface area contributed by atoms with Gasteiger partial charge in [0, 0.05) is 74.7 Å². The Kier molecular flexibility index (Phi) is 14.4. The van der Waals surface area contributed by atoms with Gasteiger partial charge in [0.1, 0.15) is 18.1 Å². The van der Waals surface area contributed by atoms with E-state index < -0.39 is 64.7 Å². The van der Waals surface area contributed by atoms with Crippen LogP contribution in [0.2, 0.25) is 0 Å². The molecular weight excluding hydrogens is 851 g/mol. The van der Waals surface area contributed by atoms with Crippen LogP contribution >= 0.6 is 0 Å². The number of likely N-dealkylation sites (N-methyl/N-ethyl adjacent to an activating group) is 1. The molecule has 4 aromatic rings. The van der Waals surface area contributed by atoms with Crippen LogP contribution in [0.15, 0.2) is 67.4 Å². The number of methoxy groups -OCH3 is 1. The first kappa shape index (κ1) is 49.0. The number of likely N-dealkylation sites (tertiary alicyclic amines) is 1. The SMILES string of the molecule is C=CC(=O)N1CC[C@](O)(C(=O)N(C)[C@H](C(=O)N[C@H]2Cc3cc(C)cc(c3)-c3ccc4c(c3)c(c(-c3cccnc3[C@H](C)OC)n4CC)CC(C)(C)COC(=O)[C@@H]3CCCN(N3)C2=O)C(C)C)C1. The third-order valence-corrected chi connectivity index (χ3v) is 13.6. The van der Waals surface area contributed by atoms with E-state index in [1.165, 1.54) is 21.9 Å². The number of ether oxygens (including phenoxy) is 2. The van der Waals surface area contributed by atoms with E-state index in [0.29, 0.717) is 25.8 Å². The highest BCUT2D eigenvalue weighted by molar-refractivity contribution is 5.97. The Balaban J connectivity index is 1.31. The highest BCUT2D eigenvalue weighted by Crippen LogP contribution is 2.42. The fourth-order valence-electron chi connectivity index (χ4n) is 10.2. The number of cyclic esters (lactones) is 1. The van der Waals surface area contributed by atoms with Crippen molar-refractivity contribution in [1.82, 2.24) is 35.1 Å². The molecule has 2 fully saturated rings. The zero-order valence-electron chi connectivity index (χ0n) is 40.5. The average molecular weight is 918 g/mol. The van der Waals surface area contributed by atoms with Crippen LogP contribution in [-0.4, -0.2) is 123 Å². The van der Waals surface area contributed by atoms with Crippen molar-refractivity contribution in [3.8, 4) is 22.4 Å². The Labute approximate surface area is 393 Å². The van der Waals surface area contributed by atoms with E-state index in [0.717, 1.165) is 61.7 Å². The van der Waals surface area contributed by atoms with Crippen molar-refractivity contribution in [2.24, 2.45) is 11.3 Å². The quantitative estimate of drug-likeness (QED) is 0.133. The molecule has 358 valence electrons. The van der Waals surface area contributed by atoms with Gasteiger partial charge in [-0.15, -0.1) is 0 Å². The van der Waals surface area contributed by atoms with Crippen molar-refractivity contribution >= 4 is 40.5 Å². The fraction of sp³-hybridized carbons (Fsp3) is 0.500. The lowest BCUT2D eigenvalue weighted by Crippen LogP contribution is -2.63. The van der Waals surface area contributed by atoms with Gasteiger partial charge in [0.15, 0.2) is 5.60 Å². The molecule has 5 atom stereocenters. The molecule has 3 aliphatic rings. The molecule has 3 aliphatic heterocycles. The molecule has 7 rings (SSSR count).